The Morgan fingerprint density at radius 3 is 2.63 bits per heavy atom. The molecule has 1 aromatic carbocycles. The number of hydrogen-bond donors (Lipinski definition) is 1. The molecule has 1 fully saturated rings. The van der Waals surface area contributed by atoms with Crippen molar-refractivity contribution in [1.29, 1.82) is 0 Å². The summed E-state index contributed by atoms with van der Waals surface area (Å²) in [7, 11) is 3.84. The first kappa shape index (κ1) is 20.6. The van der Waals surface area contributed by atoms with Crippen LogP contribution in [-0.4, -0.2) is 28.5 Å². The summed E-state index contributed by atoms with van der Waals surface area (Å²) in [5, 5.41) is 3.52. The van der Waals surface area contributed by atoms with Crippen molar-refractivity contribution in [2.45, 2.75) is 51.6 Å². The third kappa shape index (κ3) is 3.99. The molecule has 4 rings (SSSR count). The molecule has 0 spiro atoms. The molecule has 7 heteroatoms. The van der Waals surface area contributed by atoms with Gasteiger partial charge in [0.2, 0.25) is 0 Å². The molecule has 1 aliphatic carbocycles. The average molecular weight is 425 g/mol. The summed E-state index contributed by atoms with van der Waals surface area (Å²) in [6.07, 6.45) is 8.01. The minimum atomic E-state index is -0.166. The zero-order valence-corrected chi connectivity index (χ0v) is 18.6. The van der Waals surface area contributed by atoms with Crippen LogP contribution in [0.4, 0.5) is 5.69 Å². The van der Waals surface area contributed by atoms with E-state index in [0.717, 1.165) is 5.56 Å². The topological polar surface area (TPSA) is 67.2 Å². The van der Waals surface area contributed by atoms with Gasteiger partial charge in [0.05, 0.1) is 16.6 Å². The Morgan fingerprint density at radius 1 is 1.23 bits per heavy atom. The molecule has 158 valence electrons. The fraction of sp³-hybridized carbons (Fsp3) is 0.435. The molecule has 1 N–H and O–H groups in total. The normalized spacial score (nSPS) is 14.8. The summed E-state index contributed by atoms with van der Waals surface area (Å²) in [6.45, 7) is 2.26. The Morgan fingerprint density at radius 2 is 1.93 bits per heavy atom. The number of amides is 1. The molecule has 6 nitrogen and oxygen atoms in total. The lowest BCUT2D eigenvalue weighted by Crippen LogP contribution is -2.33. The van der Waals surface area contributed by atoms with Gasteiger partial charge in [0.15, 0.2) is 0 Å². The molecular formula is C23H28N4O2S. The van der Waals surface area contributed by atoms with Crippen molar-refractivity contribution >= 4 is 33.1 Å². The second kappa shape index (κ2) is 8.60. The van der Waals surface area contributed by atoms with Gasteiger partial charge in [-0.05, 0) is 43.0 Å². The van der Waals surface area contributed by atoms with E-state index in [0.29, 0.717) is 33.2 Å². The van der Waals surface area contributed by atoms with Gasteiger partial charge in [-0.3, -0.25) is 9.59 Å². The number of carbonyl (C=O) groups excluding carboxylic acids is 1. The average Bonchev–Trinajstić information content (AvgIpc) is 3.12. The van der Waals surface area contributed by atoms with Gasteiger partial charge in [0, 0.05) is 32.4 Å². The minimum Gasteiger partial charge on any atom is -0.372 e. The number of aromatic nitrogens is 2. The van der Waals surface area contributed by atoms with E-state index in [1.165, 1.54) is 60.0 Å². The van der Waals surface area contributed by atoms with Crippen molar-refractivity contribution in [2.75, 3.05) is 11.9 Å². The molecule has 0 bridgehead atoms. The van der Waals surface area contributed by atoms with Crippen molar-refractivity contribution in [3.05, 3.63) is 57.0 Å². The number of carbonyl (C=O) groups is 1. The molecular weight excluding hydrogens is 396 g/mol. The molecule has 0 unspecified atom stereocenters. The van der Waals surface area contributed by atoms with Gasteiger partial charge in [0.1, 0.15) is 4.83 Å². The summed E-state index contributed by atoms with van der Waals surface area (Å²) in [5.74, 6) is -0.166. The van der Waals surface area contributed by atoms with Crippen molar-refractivity contribution in [1.82, 2.24) is 14.9 Å². The highest BCUT2D eigenvalue weighted by atomic mass is 32.1. The second-order valence-corrected chi connectivity index (χ2v) is 9.15. The number of hydrogen-bond acceptors (Lipinski definition) is 5. The number of aryl methyl sites for hydroxylation is 2. The first-order chi connectivity index (χ1) is 14.5. The molecule has 1 saturated carbocycles. The maximum absolute atomic E-state index is 12.7. The van der Waals surface area contributed by atoms with Crippen molar-refractivity contribution in [2.24, 2.45) is 7.05 Å². The van der Waals surface area contributed by atoms with Crippen molar-refractivity contribution in [3.63, 3.8) is 0 Å². The van der Waals surface area contributed by atoms with Crippen LogP contribution in [0.15, 0.2) is 35.4 Å². The molecule has 2 aromatic heterocycles. The molecule has 1 amide bonds. The van der Waals surface area contributed by atoms with Gasteiger partial charge in [0.25, 0.3) is 11.5 Å². The van der Waals surface area contributed by atoms with E-state index >= 15 is 0 Å². The summed E-state index contributed by atoms with van der Waals surface area (Å²) in [5.41, 5.74) is 2.85. The number of rotatable bonds is 5. The summed E-state index contributed by atoms with van der Waals surface area (Å²) in [6, 6.07) is 9.04. The minimum absolute atomic E-state index is 0.120. The van der Waals surface area contributed by atoms with Crippen LogP contribution < -0.4 is 15.8 Å². The van der Waals surface area contributed by atoms with Crippen LogP contribution in [0.2, 0.25) is 0 Å². The van der Waals surface area contributed by atoms with E-state index in [4.69, 9.17) is 0 Å². The van der Waals surface area contributed by atoms with Crippen molar-refractivity contribution in [3.8, 4) is 0 Å². The van der Waals surface area contributed by atoms with E-state index in [2.05, 4.69) is 46.5 Å². The van der Waals surface area contributed by atoms with Gasteiger partial charge >= 0.3 is 0 Å². The van der Waals surface area contributed by atoms with Crippen LogP contribution in [0.3, 0.4) is 0 Å². The van der Waals surface area contributed by atoms with Gasteiger partial charge in [-0.1, -0.05) is 31.4 Å². The van der Waals surface area contributed by atoms with Gasteiger partial charge < -0.3 is 14.8 Å². The number of thiophene rings is 1. The highest BCUT2D eigenvalue weighted by Gasteiger charge is 2.20. The van der Waals surface area contributed by atoms with Crippen LogP contribution >= 0.6 is 11.3 Å². The Bertz CT molecular complexity index is 1110. The van der Waals surface area contributed by atoms with Crippen molar-refractivity contribution < 1.29 is 4.79 Å². The lowest BCUT2D eigenvalue weighted by Gasteiger charge is -2.33. The second-order valence-electron chi connectivity index (χ2n) is 8.15. The highest BCUT2D eigenvalue weighted by Crippen LogP contribution is 2.27. The summed E-state index contributed by atoms with van der Waals surface area (Å²) >= 11 is 1.27. The molecule has 1 aliphatic rings. The Balaban J connectivity index is 1.43. The first-order valence-corrected chi connectivity index (χ1v) is 11.3. The van der Waals surface area contributed by atoms with Crippen LogP contribution in [0, 0.1) is 6.92 Å². The van der Waals surface area contributed by atoms with Crippen LogP contribution in [-0.2, 0) is 13.6 Å². The zero-order valence-electron chi connectivity index (χ0n) is 17.8. The highest BCUT2D eigenvalue weighted by molar-refractivity contribution is 7.20. The molecule has 0 atom stereocenters. The Labute approximate surface area is 180 Å². The SMILES string of the molecule is Cc1c(C(=O)NCc2ccc(N(C)C3CCCCC3)cc2)sc2ncn(C)c(=O)c12. The van der Waals surface area contributed by atoms with Gasteiger partial charge in [-0.15, -0.1) is 11.3 Å². The molecule has 0 radical (unpaired) electrons. The number of anilines is 1. The number of fused-ring (bicyclic) bond motifs is 1. The number of benzene rings is 1. The first-order valence-electron chi connectivity index (χ1n) is 10.5. The van der Waals surface area contributed by atoms with E-state index in [9.17, 15) is 9.59 Å². The van der Waals surface area contributed by atoms with Crippen LogP contribution in [0.5, 0.6) is 0 Å². The van der Waals surface area contributed by atoms with E-state index < -0.39 is 0 Å². The fourth-order valence-corrected chi connectivity index (χ4v) is 5.27. The lowest BCUT2D eigenvalue weighted by molar-refractivity contribution is 0.0954. The standard InChI is InChI=1S/C23H28N4O2S/c1-15-19-22(25-14-26(2)23(19)29)30-20(15)21(28)24-13-16-9-11-18(12-10-16)27(3)17-7-5-4-6-8-17/h9-12,14,17H,4-8,13H2,1-3H3,(H,24,28). The van der Waals surface area contributed by atoms with E-state index in [1.54, 1.807) is 7.05 Å². The molecule has 3 aromatic rings. The van der Waals surface area contributed by atoms with E-state index in [1.807, 2.05) is 6.92 Å². The third-order valence-electron chi connectivity index (χ3n) is 6.14. The quantitative estimate of drug-likeness (QED) is 0.672. The molecule has 30 heavy (non-hydrogen) atoms. The smallest absolute Gasteiger partial charge is 0.262 e. The van der Waals surface area contributed by atoms with Crippen LogP contribution in [0.1, 0.15) is 52.9 Å². The Hall–Kier alpha value is -2.67. The molecule has 2 heterocycles. The van der Waals surface area contributed by atoms with E-state index in [-0.39, 0.29) is 11.5 Å². The predicted octanol–water partition coefficient (Wildman–Crippen LogP) is 4.00. The molecule has 0 saturated heterocycles. The predicted molar refractivity (Wildman–Crippen MR) is 122 cm³/mol. The van der Waals surface area contributed by atoms with Gasteiger partial charge in [-0.2, -0.15) is 0 Å². The molecule has 0 aliphatic heterocycles. The van der Waals surface area contributed by atoms with Crippen LogP contribution in [0.25, 0.3) is 10.2 Å². The number of nitrogens with zero attached hydrogens (tertiary/aromatic N) is 3. The lowest BCUT2D eigenvalue weighted by atomic mass is 9.94. The number of nitrogens with one attached hydrogen (secondary N) is 1. The summed E-state index contributed by atoms with van der Waals surface area (Å²) in [4.78, 5) is 32.9. The zero-order chi connectivity index (χ0) is 21.3. The monoisotopic (exact) mass is 424 g/mol. The maximum atomic E-state index is 12.7. The largest absolute Gasteiger partial charge is 0.372 e. The fourth-order valence-electron chi connectivity index (χ4n) is 4.22. The Kier molecular flexibility index (Phi) is 5.90. The maximum Gasteiger partial charge on any atom is 0.262 e. The third-order valence-corrected chi connectivity index (χ3v) is 7.33. The van der Waals surface area contributed by atoms with Gasteiger partial charge in [-0.25, -0.2) is 4.98 Å². The summed E-state index contributed by atoms with van der Waals surface area (Å²) < 4.78 is 1.44.